The second-order valence-electron chi connectivity index (χ2n) is 6.12. The molecule has 0 atom stereocenters. The van der Waals surface area contributed by atoms with Crippen LogP contribution in [0.2, 0.25) is 0 Å². The van der Waals surface area contributed by atoms with Crippen LogP contribution in [0.4, 0.5) is 11.4 Å². The smallest absolute Gasteiger partial charge is 0.274 e. The largest absolute Gasteiger partial charge is 0.367 e. The van der Waals surface area contributed by atoms with Crippen molar-refractivity contribution in [1.82, 2.24) is 9.88 Å². The first-order chi connectivity index (χ1) is 12.6. The topological polar surface area (TPSA) is 82.6 Å². The molecule has 7 heteroatoms. The maximum absolute atomic E-state index is 12.3. The lowest BCUT2D eigenvalue weighted by Gasteiger charge is -2.33. The fourth-order valence-corrected chi connectivity index (χ4v) is 2.80. The van der Waals surface area contributed by atoms with Crippen LogP contribution >= 0.6 is 0 Å². The number of rotatable bonds is 5. The summed E-state index contributed by atoms with van der Waals surface area (Å²) < 4.78 is 0. The van der Waals surface area contributed by atoms with Crippen LogP contribution in [0.15, 0.2) is 42.6 Å². The Morgan fingerprint density at radius 1 is 1.12 bits per heavy atom. The van der Waals surface area contributed by atoms with Crippen molar-refractivity contribution in [3.8, 4) is 0 Å². The Labute approximate surface area is 151 Å². The van der Waals surface area contributed by atoms with Crippen molar-refractivity contribution < 1.29 is 14.4 Å². The number of amides is 2. The number of benzene rings is 1. The maximum atomic E-state index is 12.3. The van der Waals surface area contributed by atoms with Gasteiger partial charge in [0.1, 0.15) is 5.69 Å². The lowest BCUT2D eigenvalue weighted by atomic mass is 10.1. The number of aromatic nitrogens is 1. The number of ketones is 1. The molecule has 3 rings (SSSR count). The summed E-state index contributed by atoms with van der Waals surface area (Å²) in [6, 6.07) is 10.3. The third-order valence-electron chi connectivity index (χ3n) is 4.34. The van der Waals surface area contributed by atoms with Crippen molar-refractivity contribution >= 4 is 29.5 Å². The fourth-order valence-electron chi connectivity index (χ4n) is 2.80. The number of piperazine rings is 1. The van der Waals surface area contributed by atoms with E-state index < -0.39 is 0 Å². The van der Waals surface area contributed by atoms with Gasteiger partial charge < -0.3 is 15.1 Å². The minimum absolute atomic E-state index is 0.0572. The summed E-state index contributed by atoms with van der Waals surface area (Å²) in [5.74, 6) is -0.388. The first-order valence-corrected chi connectivity index (χ1v) is 8.39. The van der Waals surface area contributed by atoms with Gasteiger partial charge in [0.2, 0.25) is 6.41 Å². The number of nitrogens with zero attached hydrogens (tertiary/aromatic N) is 3. The van der Waals surface area contributed by atoms with E-state index in [0.717, 1.165) is 25.2 Å². The van der Waals surface area contributed by atoms with Gasteiger partial charge in [0.25, 0.3) is 5.91 Å². The first-order valence-electron chi connectivity index (χ1n) is 8.39. The van der Waals surface area contributed by atoms with E-state index in [1.54, 1.807) is 41.4 Å². The summed E-state index contributed by atoms with van der Waals surface area (Å²) in [7, 11) is 0. The van der Waals surface area contributed by atoms with Gasteiger partial charge in [-0.3, -0.25) is 14.4 Å². The zero-order chi connectivity index (χ0) is 18.5. The highest BCUT2D eigenvalue weighted by molar-refractivity contribution is 6.04. The average molecular weight is 352 g/mol. The van der Waals surface area contributed by atoms with Crippen LogP contribution in [0.25, 0.3) is 0 Å². The van der Waals surface area contributed by atoms with Gasteiger partial charge in [-0.1, -0.05) is 12.1 Å². The molecule has 1 fully saturated rings. The number of hydrogen-bond donors (Lipinski definition) is 1. The Morgan fingerprint density at radius 2 is 1.88 bits per heavy atom. The van der Waals surface area contributed by atoms with Gasteiger partial charge in [-0.2, -0.15) is 0 Å². The first kappa shape index (κ1) is 17.6. The second kappa shape index (κ2) is 7.77. The van der Waals surface area contributed by atoms with Crippen LogP contribution in [0.1, 0.15) is 27.8 Å². The van der Waals surface area contributed by atoms with Crippen LogP contribution in [-0.4, -0.2) is 54.2 Å². The van der Waals surface area contributed by atoms with E-state index in [1.807, 2.05) is 6.07 Å². The Morgan fingerprint density at radius 3 is 2.50 bits per heavy atom. The van der Waals surface area contributed by atoms with Gasteiger partial charge in [0, 0.05) is 37.4 Å². The van der Waals surface area contributed by atoms with Gasteiger partial charge in [-0.15, -0.1) is 0 Å². The van der Waals surface area contributed by atoms with E-state index in [1.165, 1.54) is 6.92 Å². The fraction of sp³-hybridized carbons (Fsp3) is 0.263. The molecule has 1 aliphatic rings. The Kier molecular flexibility index (Phi) is 5.26. The van der Waals surface area contributed by atoms with Crippen LogP contribution in [0.5, 0.6) is 0 Å². The summed E-state index contributed by atoms with van der Waals surface area (Å²) in [4.78, 5) is 42.6. The number of Topliss-reactive ketones (excluding diaryl/α,β-unsaturated/α-hetero) is 1. The monoisotopic (exact) mass is 352 g/mol. The Bertz CT molecular complexity index is 812. The SMILES string of the molecule is CC(=O)c1cccc(NC(=O)c2ccc(N3CCN(C=O)CC3)cn2)c1. The van der Waals surface area contributed by atoms with Crippen molar-refractivity contribution in [2.24, 2.45) is 0 Å². The molecule has 0 radical (unpaired) electrons. The van der Waals surface area contributed by atoms with Gasteiger partial charge in [0.15, 0.2) is 5.78 Å². The van der Waals surface area contributed by atoms with E-state index in [2.05, 4.69) is 15.2 Å². The van der Waals surface area contributed by atoms with Gasteiger partial charge in [-0.25, -0.2) is 4.98 Å². The summed E-state index contributed by atoms with van der Waals surface area (Å²) in [6.07, 6.45) is 2.53. The zero-order valence-electron chi connectivity index (χ0n) is 14.5. The Balaban J connectivity index is 1.65. The molecule has 1 saturated heterocycles. The average Bonchev–Trinajstić information content (AvgIpc) is 2.68. The van der Waals surface area contributed by atoms with Crippen molar-refractivity contribution in [1.29, 1.82) is 0 Å². The number of nitrogens with one attached hydrogen (secondary N) is 1. The molecular weight excluding hydrogens is 332 g/mol. The third kappa shape index (κ3) is 4.05. The number of hydrogen-bond acceptors (Lipinski definition) is 5. The molecule has 26 heavy (non-hydrogen) atoms. The molecule has 0 spiro atoms. The second-order valence-corrected chi connectivity index (χ2v) is 6.12. The standard InChI is InChI=1S/C19H20N4O3/c1-14(25)15-3-2-4-16(11-15)21-19(26)18-6-5-17(12-20-18)23-9-7-22(13-24)8-10-23/h2-6,11-13H,7-10H2,1H3,(H,21,26). The van der Waals surface area contributed by atoms with E-state index >= 15 is 0 Å². The van der Waals surface area contributed by atoms with Crippen LogP contribution in [0.3, 0.4) is 0 Å². The van der Waals surface area contributed by atoms with E-state index in [4.69, 9.17) is 0 Å². The van der Waals surface area contributed by atoms with E-state index in [0.29, 0.717) is 30.0 Å². The highest BCUT2D eigenvalue weighted by Gasteiger charge is 2.16. The molecule has 2 amide bonds. The number of carbonyl (C=O) groups excluding carboxylic acids is 3. The van der Waals surface area contributed by atoms with Gasteiger partial charge in [0.05, 0.1) is 11.9 Å². The van der Waals surface area contributed by atoms with Crippen LogP contribution in [-0.2, 0) is 4.79 Å². The molecule has 2 heterocycles. The number of pyridine rings is 1. The predicted octanol–water partition coefficient (Wildman–Crippen LogP) is 1.81. The predicted molar refractivity (Wildman–Crippen MR) is 98.5 cm³/mol. The minimum atomic E-state index is -0.331. The highest BCUT2D eigenvalue weighted by Crippen LogP contribution is 2.17. The molecule has 7 nitrogen and oxygen atoms in total. The maximum Gasteiger partial charge on any atom is 0.274 e. The zero-order valence-corrected chi connectivity index (χ0v) is 14.5. The molecule has 2 aromatic rings. The molecule has 134 valence electrons. The molecular formula is C19H20N4O3. The lowest BCUT2D eigenvalue weighted by molar-refractivity contribution is -0.118. The van der Waals surface area contributed by atoms with E-state index in [9.17, 15) is 14.4 Å². The molecule has 0 saturated carbocycles. The third-order valence-corrected chi connectivity index (χ3v) is 4.34. The molecule has 1 N–H and O–H groups in total. The van der Waals surface area contributed by atoms with Crippen molar-refractivity contribution in [3.63, 3.8) is 0 Å². The molecule has 1 aromatic heterocycles. The molecule has 0 unspecified atom stereocenters. The van der Waals surface area contributed by atoms with Crippen molar-refractivity contribution in [2.45, 2.75) is 6.92 Å². The summed E-state index contributed by atoms with van der Waals surface area (Å²) in [6.45, 7) is 4.32. The van der Waals surface area contributed by atoms with Gasteiger partial charge >= 0.3 is 0 Å². The summed E-state index contributed by atoms with van der Waals surface area (Å²) in [5.41, 5.74) is 2.32. The Hall–Kier alpha value is -3.22. The normalized spacial score (nSPS) is 14.0. The molecule has 1 aromatic carbocycles. The molecule has 1 aliphatic heterocycles. The summed E-state index contributed by atoms with van der Waals surface area (Å²) >= 11 is 0. The quantitative estimate of drug-likeness (QED) is 0.656. The minimum Gasteiger partial charge on any atom is -0.367 e. The summed E-state index contributed by atoms with van der Waals surface area (Å²) in [5, 5.41) is 2.75. The van der Waals surface area contributed by atoms with Crippen molar-refractivity contribution in [3.05, 3.63) is 53.9 Å². The van der Waals surface area contributed by atoms with Crippen LogP contribution in [0, 0.1) is 0 Å². The molecule has 0 aliphatic carbocycles. The van der Waals surface area contributed by atoms with Crippen molar-refractivity contribution in [2.75, 3.05) is 36.4 Å². The highest BCUT2D eigenvalue weighted by atomic mass is 16.2. The van der Waals surface area contributed by atoms with Gasteiger partial charge in [-0.05, 0) is 31.2 Å². The van der Waals surface area contributed by atoms with Crippen LogP contribution < -0.4 is 10.2 Å². The molecule has 0 bridgehead atoms. The lowest BCUT2D eigenvalue weighted by Crippen LogP contribution is -2.45. The number of anilines is 2. The van der Waals surface area contributed by atoms with E-state index in [-0.39, 0.29) is 11.7 Å². The number of carbonyl (C=O) groups is 3.